The average molecular weight is 457 g/mol. The molecule has 7 heteroatoms. The molecule has 2 fully saturated rings. The van der Waals surface area contributed by atoms with Crippen molar-refractivity contribution in [1.82, 2.24) is 19.4 Å². The Labute approximate surface area is 195 Å². The molecule has 0 aliphatic carbocycles. The number of thioether (sulfide) groups is 1. The number of rotatable bonds is 6. The van der Waals surface area contributed by atoms with E-state index in [1.807, 2.05) is 33.7 Å². The van der Waals surface area contributed by atoms with Crippen LogP contribution in [0.25, 0.3) is 11.0 Å². The van der Waals surface area contributed by atoms with Gasteiger partial charge < -0.3 is 14.4 Å². The molecule has 0 radical (unpaired) electrons. The van der Waals surface area contributed by atoms with Gasteiger partial charge in [-0.1, -0.05) is 44.7 Å². The minimum Gasteiger partial charge on any atom is -0.341 e. The number of benzene rings is 1. The number of likely N-dealkylation sites (tertiary alicyclic amines) is 2. The number of imidazole rings is 1. The van der Waals surface area contributed by atoms with Crippen LogP contribution in [0.2, 0.25) is 0 Å². The van der Waals surface area contributed by atoms with Crippen LogP contribution in [0.5, 0.6) is 0 Å². The zero-order valence-corrected chi connectivity index (χ0v) is 20.4. The Morgan fingerprint density at radius 3 is 2.59 bits per heavy atom. The Bertz CT molecular complexity index is 949. The topological polar surface area (TPSA) is 58.4 Å². The third-order valence-corrected chi connectivity index (χ3v) is 7.84. The number of carbonyl (C=O) groups excluding carboxylic acids is 2. The van der Waals surface area contributed by atoms with Gasteiger partial charge in [0.1, 0.15) is 6.54 Å². The fourth-order valence-corrected chi connectivity index (χ4v) is 6.28. The number of fused-ring (bicyclic) bond motifs is 1. The van der Waals surface area contributed by atoms with Crippen molar-refractivity contribution < 1.29 is 9.59 Å². The van der Waals surface area contributed by atoms with Crippen LogP contribution < -0.4 is 0 Å². The lowest BCUT2D eigenvalue weighted by Crippen LogP contribution is -2.44. The second-order valence-corrected chi connectivity index (χ2v) is 10.6. The smallest absolute Gasteiger partial charge is 0.242 e. The summed E-state index contributed by atoms with van der Waals surface area (Å²) in [6, 6.07) is 8.30. The Hall–Kier alpha value is -2.02. The summed E-state index contributed by atoms with van der Waals surface area (Å²) in [5.41, 5.74) is 1.83. The molecule has 32 heavy (non-hydrogen) atoms. The summed E-state index contributed by atoms with van der Waals surface area (Å²) in [6.07, 6.45) is 5.59. The van der Waals surface area contributed by atoms with E-state index in [4.69, 9.17) is 4.98 Å². The van der Waals surface area contributed by atoms with Gasteiger partial charge in [0.2, 0.25) is 11.8 Å². The van der Waals surface area contributed by atoms with Crippen LogP contribution in [-0.2, 0) is 16.1 Å². The number of nitrogens with zero attached hydrogens (tertiary/aromatic N) is 4. The summed E-state index contributed by atoms with van der Waals surface area (Å²) in [6.45, 7) is 9.39. The number of hydrogen-bond acceptors (Lipinski definition) is 4. The van der Waals surface area contributed by atoms with E-state index in [1.54, 1.807) is 0 Å². The predicted molar refractivity (Wildman–Crippen MR) is 130 cm³/mol. The van der Waals surface area contributed by atoms with Gasteiger partial charge in [-0.2, -0.15) is 0 Å². The lowest BCUT2D eigenvalue weighted by Gasteiger charge is -2.35. The Balaban J connectivity index is 1.50. The molecule has 6 nitrogen and oxygen atoms in total. The number of carbonyl (C=O) groups is 2. The molecule has 174 valence electrons. The maximum absolute atomic E-state index is 13.2. The van der Waals surface area contributed by atoms with E-state index in [2.05, 4.69) is 25.7 Å². The third-order valence-electron chi connectivity index (χ3n) is 6.88. The van der Waals surface area contributed by atoms with Gasteiger partial charge in [0.15, 0.2) is 5.16 Å². The lowest BCUT2D eigenvalue weighted by molar-refractivity contribution is -0.134. The minimum absolute atomic E-state index is 0.141. The summed E-state index contributed by atoms with van der Waals surface area (Å²) in [7, 11) is 0. The van der Waals surface area contributed by atoms with E-state index in [0.717, 1.165) is 55.1 Å². The van der Waals surface area contributed by atoms with Gasteiger partial charge in [-0.05, 0) is 56.1 Å². The molecule has 0 saturated carbocycles. The molecular weight excluding hydrogens is 420 g/mol. The van der Waals surface area contributed by atoms with Crippen molar-refractivity contribution in [3.8, 4) is 0 Å². The van der Waals surface area contributed by atoms with E-state index >= 15 is 0 Å². The highest BCUT2D eigenvalue weighted by Crippen LogP contribution is 2.27. The van der Waals surface area contributed by atoms with Crippen molar-refractivity contribution in [3.63, 3.8) is 0 Å². The Morgan fingerprint density at radius 1 is 1.09 bits per heavy atom. The van der Waals surface area contributed by atoms with E-state index in [0.29, 0.717) is 23.6 Å². The maximum Gasteiger partial charge on any atom is 0.242 e. The summed E-state index contributed by atoms with van der Waals surface area (Å²) in [5, 5.41) is 0.760. The van der Waals surface area contributed by atoms with Crippen LogP contribution in [0, 0.1) is 11.8 Å². The van der Waals surface area contributed by atoms with Crippen LogP contribution in [0.1, 0.15) is 52.9 Å². The van der Waals surface area contributed by atoms with Crippen LogP contribution in [0.4, 0.5) is 0 Å². The molecule has 0 N–H and O–H groups in total. The van der Waals surface area contributed by atoms with Gasteiger partial charge >= 0.3 is 0 Å². The molecular formula is C25H36N4O2S. The van der Waals surface area contributed by atoms with E-state index in [9.17, 15) is 9.59 Å². The first-order valence-corrected chi connectivity index (χ1v) is 13.1. The highest BCUT2D eigenvalue weighted by molar-refractivity contribution is 7.99. The molecule has 3 atom stereocenters. The van der Waals surface area contributed by atoms with Crippen molar-refractivity contribution in [3.05, 3.63) is 24.3 Å². The molecule has 0 bridgehead atoms. The van der Waals surface area contributed by atoms with Gasteiger partial charge in [-0.3, -0.25) is 9.59 Å². The van der Waals surface area contributed by atoms with Gasteiger partial charge in [0.05, 0.1) is 16.8 Å². The zero-order chi connectivity index (χ0) is 22.7. The molecule has 2 aliphatic rings. The fourth-order valence-electron chi connectivity index (χ4n) is 5.38. The van der Waals surface area contributed by atoms with Gasteiger partial charge in [0, 0.05) is 25.7 Å². The number of para-hydroxylation sites is 2. The molecule has 1 aromatic heterocycles. The first-order chi connectivity index (χ1) is 15.5. The second-order valence-electron chi connectivity index (χ2n) is 9.65. The summed E-state index contributed by atoms with van der Waals surface area (Å²) >= 11 is 1.47. The number of amides is 2. The lowest BCUT2D eigenvalue weighted by atomic mass is 9.92. The molecule has 2 amide bonds. The molecule has 4 rings (SSSR count). The van der Waals surface area contributed by atoms with Crippen LogP contribution in [0.3, 0.4) is 0 Å². The molecule has 2 saturated heterocycles. The predicted octanol–water partition coefficient (Wildman–Crippen LogP) is 4.42. The summed E-state index contributed by atoms with van der Waals surface area (Å²) in [4.78, 5) is 35.1. The summed E-state index contributed by atoms with van der Waals surface area (Å²) < 4.78 is 2.01. The molecule has 3 heterocycles. The second kappa shape index (κ2) is 10.3. The van der Waals surface area contributed by atoms with Crippen LogP contribution >= 0.6 is 11.8 Å². The summed E-state index contributed by atoms with van der Waals surface area (Å²) in [5.74, 6) is 1.76. The molecule has 2 aliphatic heterocycles. The van der Waals surface area contributed by atoms with E-state index in [1.165, 1.54) is 24.6 Å². The highest BCUT2D eigenvalue weighted by atomic mass is 32.2. The number of aromatic nitrogens is 2. The minimum atomic E-state index is 0.141. The van der Waals surface area contributed by atoms with E-state index in [-0.39, 0.29) is 18.4 Å². The van der Waals surface area contributed by atoms with Crippen LogP contribution in [-0.4, -0.2) is 62.6 Å². The molecule has 1 aromatic carbocycles. The first kappa shape index (κ1) is 23.1. The third kappa shape index (κ3) is 5.13. The van der Waals surface area contributed by atoms with Crippen LogP contribution in [0.15, 0.2) is 29.4 Å². The van der Waals surface area contributed by atoms with Crippen molar-refractivity contribution in [2.24, 2.45) is 11.8 Å². The molecule has 2 aromatic rings. The van der Waals surface area contributed by atoms with Gasteiger partial charge in [-0.15, -0.1) is 0 Å². The molecule has 0 unspecified atom stereocenters. The fraction of sp³-hybridized carbons (Fsp3) is 0.640. The Kier molecular flexibility index (Phi) is 7.44. The Morgan fingerprint density at radius 2 is 1.84 bits per heavy atom. The van der Waals surface area contributed by atoms with Crippen molar-refractivity contribution >= 4 is 34.6 Å². The first-order valence-electron chi connectivity index (χ1n) is 12.1. The maximum atomic E-state index is 13.2. The van der Waals surface area contributed by atoms with Gasteiger partial charge in [-0.25, -0.2) is 4.98 Å². The van der Waals surface area contributed by atoms with Crippen molar-refractivity contribution in [2.75, 3.05) is 25.4 Å². The standard InChI is InChI=1S/C25H36N4O2S/c1-4-20-9-7-8-12-28(20)24(31)17-32-25-26-21-10-5-6-11-22(21)29(25)16-23(30)27-14-18(2)13-19(3)15-27/h5-6,10-11,18-20H,4,7-9,12-17H2,1-3H3/t18-,19-,20-/m0/s1. The monoisotopic (exact) mass is 456 g/mol. The normalized spacial score (nSPS) is 24.2. The van der Waals surface area contributed by atoms with Crippen molar-refractivity contribution in [2.45, 2.75) is 70.6 Å². The SMILES string of the molecule is CC[C@H]1CCCCN1C(=O)CSc1nc2ccccc2n1CC(=O)N1C[C@@H](C)C[C@H](C)C1. The van der Waals surface area contributed by atoms with E-state index < -0.39 is 0 Å². The molecule has 0 spiro atoms. The quantitative estimate of drug-likeness (QED) is 0.604. The van der Waals surface area contributed by atoms with Gasteiger partial charge in [0.25, 0.3) is 0 Å². The largest absolute Gasteiger partial charge is 0.341 e. The number of piperidine rings is 2. The average Bonchev–Trinajstić information content (AvgIpc) is 3.14. The zero-order valence-electron chi connectivity index (χ0n) is 19.6. The number of hydrogen-bond donors (Lipinski definition) is 0. The highest BCUT2D eigenvalue weighted by Gasteiger charge is 2.28. The van der Waals surface area contributed by atoms with Crippen molar-refractivity contribution in [1.29, 1.82) is 0 Å².